The molecule has 0 aliphatic carbocycles. The molecule has 1 N–H and O–H groups in total. The monoisotopic (exact) mass is 273 g/mol. The summed E-state index contributed by atoms with van der Waals surface area (Å²) in [5.41, 5.74) is 0. The maximum atomic E-state index is 11.3. The van der Waals surface area contributed by atoms with E-state index < -0.39 is 9.84 Å². The van der Waals surface area contributed by atoms with Crippen LogP contribution in [0.15, 0.2) is 12.1 Å². The lowest BCUT2D eigenvalue weighted by Gasteiger charge is -2.17. The molecule has 3 nitrogen and oxygen atoms in total. The van der Waals surface area contributed by atoms with Gasteiger partial charge in [0.2, 0.25) is 0 Å². The van der Waals surface area contributed by atoms with E-state index >= 15 is 0 Å². The predicted octanol–water partition coefficient (Wildman–Crippen LogP) is 1.76. The van der Waals surface area contributed by atoms with Gasteiger partial charge in [0, 0.05) is 21.8 Å². The zero-order valence-corrected chi connectivity index (χ0v) is 11.9. The average molecular weight is 273 g/mol. The first-order valence-corrected chi connectivity index (χ1v) is 8.60. The standard InChI is InChI=1S/C12H19NO2S2/c1-9(7-12-4-3-10(2)16-12)13-11-5-6-17(14,15)8-11/h3-4,9,11,13H,5-8H2,1-2H3. The minimum Gasteiger partial charge on any atom is -0.310 e. The number of nitrogens with one attached hydrogen (secondary N) is 1. The third-order valence-electron chi connectivity index (χ3n) is 3.06. The molecule has 1 aromatic heterocycles. The summed E-state index contributed by atoms with van der Waals surface area (Å²) < 4.78 is 22.7. The summed E-state index contributed by atoms with van der Waals surface area (Å²) >= 11 is 1.82. The van der Waals surface area contributed by atoms with E-state index in [4.69, 9.17) is 0 Å². The van der Waals surface area contributed by atoms with E-state index in [0.29, 0.717) is 17.5 Å². The lowest BCUT2D eigenvalue weighted by molar-refractivity contribution is 0.471. The quantitative estimate of drug-likeness (QED) is 0.909. The third-order valence-corrected chi connectivity index (χ3v) is 5.85. The van der Waals surface area contributed by atoms with Crippen molar-refractivity contribution in [3.63, 3.8) is 0 Å². The fourth-order valence-corrected chi connectivity index (χ4v) is 4.99. The van der Waals surface area contributed by atoms with Crippen molar-refractivity contribution in [2.45, 2.75) is 38.8 Å². The van der Waals surface area contributed by atoms with E-state index in [0.717, 1.165) is 12.8 Å². The van der Waals surface area contributed by atoms with Crippen LogP contribution in [0.5, 0.6) is 0 Å². The Kier molecular flexibility index (Phi) is 3.90. The molecule has 1 aromatic rings. The van der Waals surface area contributed by atoms with Crippen molar-refractivity contribution in [1.82, 2.24) is 5.32 Å². The minimum absolute atomic E-state index is 0.149. The molecule has 1 aliphatic heterocycles. The molecule has 0 saturated carbocycles. The molecule has 2 heterocycles. The van der Waals surface area contributed by atoms with Crippen LogP contribution < -0.4 is 5.32 Å². The van der Waals surface area contributed by atoms with Gasteiger partial charge in [0.25, 0.3) is 0 Å². The molecule has 0 aromatic carbocycles. The molecule has 1 aliphatic rings. The predicted molar refractivity (Wildman–Crippen MR) is 72.4 cm³/mol. The second kappa shape index (κ2) is 5.08. The van der Waals surface area contributed by atoms with Gasteiger partial charge in [-0.2, -0.15) is 0 Å². The topological polar surface area (TPSA) is 46.2 Å². The number of aryl methyl sites for hydroxylation is 1. The van der Waals surface area contributed by atoms with Gasteiger partial charge in [-0.25, -0.2) is 8.42 Å². The van der Waals surface area contributed by atoms with E-state index in [1.165, 1.54) is 9.75 Å². The normalized spacial score (nSPS) is 24.9. The molecule has 17 heavy (non-hydrogen) atoms. The van der Waals surface area contributed by atoms with Gasteiger partial charge >= 0.3 is 0 Å². The Hall–Kier alpha value is -0.390. The van der Waals surface area contributed by atoms with E-state index in [2.05, 4.69) is 31.3 Å². The van der Waals surface area contributed by atoms with Gasteiger partial charge in [0.05, 0.1) is 11.5 Å². The minimum atomic E-state index is -2.77. The van der Waals surface area contributed by atoms with Crippen molar-refractivity contribution >= 4 is 21.2 Å². The first-order chi connectivity index (χ1) is 7.94. The summed E-state index contributed by atoms with van der Waals surface area (Å²) in [5, 5.41) is 3.42. The van der Waals surface area contributed by atoms with E-state index in [9.17, 15) is 8.42 Å². The molecule has 96 valence electrons. The Balaban J connectivity index is 1.84. The van der Waals surface area contributed by atoms with Crippen LogP contribution in [-0.4, -0.2) is 32.0 Å². The average Bonchev–Trinajstić information content (AvgIpc) is 2.73. The van der Waals surface area contributed by atoms with Crippen molar-refractivity contribution in [3.8, 4) is 0 Å². The van der Waals surface area contributed by atoms with E-state index in [-0.39, 0.29) is 6.04 Å². The van der Waals surface area contributed by atoms with Gasteiger partial charge in [-0.3, -0.25) is 0 Å². The number of hydrogen-bond donors (Lipinski definition) is 1. The Bertz CT molecular complexity index is 478. The highest BCUT2D eigenvalue weighted by atomic mass is 32.2. The molecule has 0 bridgehead atoms. The number of thiophene rings is 1. The maximum Gasteiger partial charge on any atom is 0.151 e. The lowest BCUT2D eigenvalue weighted by Crippen LogP contribution is -2.38. The smallest absolute Gasteiger partial charge is 0.151 e. The van der Waals surface area contributed by atoms with Crippen LogP contribution in [0.1, 0.15) is 23.1 Å². The fourth-order valence-electron chi connectivity index (χ4n) is 2.28. The molecule has 1 fully saturated rings. The van der Waals surface area contributed by atoms with Gasteiger partial charge in [-0.05, 0) is 38.8 Å². The van der Waals surface area contributed by atoms with Crippen molar-refractivity contribution in [3.05, 3.63) is 21.9 Å². The van der Waals surface area contributed by atoms with Crippen LogP contribution in [0.4, 0.5) is 0 Å². The highest BCUT2D eigenvalue weighted by molar-refractivity contribution is 7.91. The van der Waals surface area contributed by atoms with Crippen LogP contribution >= 0.6 is 11.3 Å². The fraction of sp³-hybridized carbons (Fsp3) is 0.667. The molecule has 2 rings (SSSR count). The number of rotatable bonds is 4. The molecule has 0 radical (unpaired) electrons. The summed E-state index contributed by atoms with van der Waals surface area (Å²) in [6, 6.07) is 4.78. The third kappa shape index (κ3) is 3.79. The SMILES string of the molecule is Cc1ccc(CC(C)NC2CCS(=O)(=O)C2)s1. The van der Waals surface area contributed by atoms with Crippen molar-refractivity contribution in [2.75, 3.05) is 11.5 Å². The molecule has 1 saturated heterocycles. The molecule has 2 unspecified atom stereocenters. The number of hydrogen-bond acceptors (Lipinski definition) is 4. The molecule has 5 heteroatoms. The van der Waals surface area contributed by atoms with Crippen LogP contribution in [0.25, 0.3) is 0 Å². The zero-order chi connectivity index (χ0) is 12.5. The van der Waals surface area contributed by atoms with Gasteiger partial charge in [0.1, 0.15) is 0 Å². The summed E-state index contributed by atoms with van der Waals surface area (Å²) in [7, 11) is -2.77. The molecule has 0 amide bonds. The van der Waals surface area contributed by atoms with Crippen LogP contribution in [0.3, 0.4) is 0 Å². The van der Waals surface area contributed by atoms with Gasteiger partial charge in [-0.1, -0.05) is 0 Å². The first-order valence-electron chi connectivity index (χ1n) is 5.96. The molecule has 2 atom stereocenters. The van der Waals surface area contributed by atoms with Crippen molar-refractivity contribution in [2.24, 2.45) is 0 Å². The van der Waals surface area contributed by atoms with Gasteiger partial charge < -0.3 is 5.32 Å². The van der Waals surface area contributed by atoms with Crippen molar-refractivity contribution < 1.29 is 8.42 Å². The Morgan fingerprint density at radius 3 is 2.82 bits per heavy atom. The molecule has 0 spiro atoms. The lowest BCUT2D eigenvalue weighted by atomic mass is 10.1. The Labute approximate surface area is 107 Å². The Morgan fingerprint density at radius 1 is 1.53 bits per heavy atom. The van der Waals surface area contributed by atoms with Crippen LogP contribution in [-0.2, 0) is 16.3 Å². The van der Waals surface area contributed by atoms with Crippen molar-refractivity contribution in [1.29, 1.82) is 0 Å². The summed E-state index contributed by atoms with van der Waals surface area (Å²) in [5.74, 6) is 0.649. The highest BCUT2D eigenvalue weighted by Crippen LogP contribution is 2.18. The second-order valence-electron chi connectivity index (χ2n) is 4.88. The highest BCUT2D eigenvalue weighted by Gasteiger charge is 2.28. The molecular formula is C12H19NO2S2. The van der Waals surface area contributed by atoms with E-state index in [1.54, 1.807) is 0 Å². The first kappa shape index (κ1) is 13.1. The van der Waals surface area contributed by atoms with Gasteiger partial charge in [0.15, 0.2) is 9.84 Å². The zero-order valence-electron chi connectivity index (χ0n) is 10.3. The second-order valence-corrected chi connectivity index (χ2v) is 8.49. The van der Waals surface area contributed by atoms with Crippen LogP contribution in [0, 0.1) is 6.92 Å². The van der Waals surface area contributed by atoms with Gasteiger partial charge in [-0.15, -0.1) is 11.3 Å². The summed E-state index contributed by atoms with van der Waals surface area (Å²) in [4.78, 5) is 2.69. The largest absolute Gasteiger partial charge is 0.310 e. The maximum absolute atomic E-state index is 11.3. The number of sulfone groups is 1. The van der Waals surface area contributed by atoms with E-state index in [1.807, 2.05) is 11.3 Å². The van der Waals surface area contributed by atoms with Crippen LogP contribution in [0.2, 0.25) is 0 Å². The molecular weight excluding hydrogens is 254 g/mol. The summed E-state index contributed by atoms with van der Waals surface area (Å²) in [6.45, 7) is 4.23. The Morgan fingerprint density at radius 2 is 2.29 bits per heavy atom. The summed E-state index contributed by atoms with van der Waals surface area (Å²) in [6.07, 6.45) is 1.74.